The Morgan fingerprint density at radius 2 is 1.88 bits per heavy atom. The lowest BCUT2D eigenvalue weighted by Gasteiger charge is -2.00. The minimum absolute atomic E-state index is 0.215. The maximum Gasteiger partial charge on any atom is 0.348 e. The molecular formula is C18H16N2O3S2. The molecule has 0 aliphatic carbocycles. The third-order valence-electron chi connectivity index (χ3n) is 3.47. The van der Waals surface area contributed by atoms with Crippen molar-refractivity contribution in [3.05, 3.63) is 68.5 Å². The second-order valence-corrected chi connectivity index (χ2v) is 7.46. The first kappa shape index (κ1) is 17.3. The molecular weight excluding hydrogens is 356 g/mol. The molecule has 25 heavy (non-hydrogen) atoms. The van der Waals surface area contributed by atoms with Crippen LogP contribution in [-0.2, 0) is 11.2 Å². The maximum absolute atomic E-state index is 12.5. The zero-order chi connectivity index (χ0) is 17.8. The molecule has 0 saturated heterocycles. The molecule has 5 nitrogen and oxygen atoms in total. The molecule has 0 spiro atoms. The van der Waals surface area contributed by atoms with Crippen LogP contribution < -0.4 is 5.32 Å². The molecule has 3 aromatic rings. The molecule has 0 fully saturated rings. The average molecular weight is 372 g/mol. The van der Waals surface area contributed by atoms with E-state index in [4.69, 9.17) is 0 Å². The molecule has 1 aromatic carbocycles. The number of anilines is 1. The first-order valence-electron chi connectivity index (χ1n) is 7.56. The second-order valence-electron chi connectivity index (χ2n) is 5.29. The van der Waals surface area contributed by atoms with Gasteiger partial charge in [-0.3, -0.25) is 4.79 Å². The van der Waals surface area contributed by atoms with Crippen LogP contribution in [0.15, 0.2) is 42.5 Å². The third-order valence-corrected chi connectivity index (χ3v) is 5.61. The van der Waals surface area contributed by atoms with Crippen LogP contribution in [0.4, 0.5) is 5.00 Å². The van der Waals surface area contributed by atoms with Gasteiger partial charge in [-0.2, -0.15) is 0 Å². The Hall–Kier alpha value is -2.51. The molecule has 0 bridgehead atoms. The lowest BCUT2D eigenvalue weighted by molar-refractivity contribution is 0.0606. The summed E-state index contributed by atoms with van der Waals surface area (Å²) in [6.45, 7) is 1.83. The van der Waals surface area contributed by atoms with E-state index < -0.39 is 5.97 Å². The summed E-state index contributed by atoms with van der Waals surface area (Å²) in [6, 6.07) is 13.3. The topological polar surface area (TPSA) is 68.3 Å². The fraction of sp³-hybridized carbons (Fsp3) is 0.167. The predicted octanol–water partition coefficient (Wildman–Crippen LogP) is 4.14. The van der Waals surface area contributed by atoms with Crippen LogP contribution >= 0.6 is 22.7 Å². The van der Waals surface area contributed by atoms with Crippen molar-refractivity contribution < 1.29 is 14.3 Å². The minimum atomic E-state index is -0.412. The first-order valence-corrected chi connectivity index (χ1v) is 9.20. The lowest BCUT2D eigenvalue weighted by Crippen LogP contribution is -2.10. The van der Waals surface area contributed by atoms with Crippen molar-refractivity contribution in [1.29, 1.82) is 0 Å². The number of nitrogens with zero attached hydrogens (tertiary/aromatic N) is 1. The number of thiophene rings is 1. The number of carbonyl (C=O) groups excluding carboxylic acids is 2. The Kier molecular flexibility index (Phi) is 5.25. The van der Waals surface area contributed by atoms with Crippen LogP contribution in [0.2, 0.25) is 0 Å². The summed E-state index contributed by atoms with van der Waals surface area (Å²) >= 11 is 2.57. The van der Waals surface area contributed by atoms with Crippen LogP contribution in [0, 0.1) is 6.92 Å². The fourth-order valence-corrected chi connectivity index (χ4v) is 4.11. The highest BCUT2D eigenvalue weighted by Gasteiger charge is 2.17. The molecule has 7 heteroatoms. The lowest BCUT2D eigenvalue weighted by atomic mass is 10.2. The number of hydrogen-bond acceptors (Lipinski definition) is 6. The zero-order valence-corrected chi connectivity index (χ0v) is 15.4. The number of benzene rings is 1. The van der Waals surface area contributed by atoms with Gasteiger partial charge >= 0.3 is 5.97 Å². The van der Waals surface area contributed by atoms with Gasteiger partial charge in [-0.05, 0) is 24.6 Å². The second kappa shape index (κ2) is 7.58. The van der Waals surface area contributed by atoms with E-state index >= 15 is 0 Å². The number of hydrogen-bond donors (Lipinski definition) is 1. The average Bonchev–Trinajstić information content (AvgIpc) is 3.21. The Morgan fingerprint density at radius 3 is 2.60 bits per heavy atom. The van der Waals surface area contributed by atoms with Crippen LogP contribution in [-0.4, -0.2) is 24.0 Å². The summed E-state index contributed by atoms with van der Waals surface area (Å²) in [5, 5.41) is 4.32. The number of carbonyl (C=O) groups is 2. The van der Waals surface area contributed by atoms with Crippen LogP contribution in [0.1, 0.15) is 35.6 Å². The molecule has 0 aliphatic rings. The number of ether oxygens (including phenoxy) is 1. The molecule has 0 unspecified atom stereocenters. The van der Waals surface area contributed by atoms with Crippen molar-refractivity contribution in [3.8, 4) is 0 Å². The summed E-state index contributed by atoms with van der Waals surface area (Å²) in [5.74, 6) is -0.628. The van der Waals surface area contributed by atoms with E-state index in [2.05, 4.69) is 15.0 Å². The fourth-order valence-electron chi connectivity index (χ4n) is 2.29. The Bertz CT molecular complexity index is 900. The Labute approximate surface area is 153 Å². The van der Waals surface area contributed by atoms with Crippen LogP contribution in [0.5, 0.6) is 0 Å². The molecule has 3 rings (SSSR count). The number of aromatic nitrogens is 1. The number of nitrogens with one attached hydrogen (secondary N) is 1. The number of rotatable bonds is 5. The predicted molar refractivity (Wildman–Crippen MR) is 99.7 cm³/mol. The Balaban J connectivity index is 1.72. The van der Waals surface area contributed by atoms with E-state index in [0.29, 0.717) is 26.9 Å². The van der Waals surface area contributed by atoms with Gasteiger partial charge in [-0.1, -0.05) is 30.3 Å². The van der Waals surface area contributed by atoms with Gasteiger partial charge < -0.3 is 10.1 Å². The quantitative estimate of drug-likeness (QED) is 0.684. The van der Waals surface area contributed by atoms with Gasteiger partial charge in [-0.15, -0.1) is 22.7 Å². The van der Waals surface area contributed by atoms with Crippen molar-refractivity contribution in [3.63, 3.8) is 0 Å². The van der Waals surface area contributed by atoms with Gasteiger partial charge in [0.25, 0.3) is 5.91 Å². The number of esters is 1. The summed E-state index contributed by atoms with van der Waals surface area (Å²) in [4.78, 5) is 29.5. The standard InChI is InChI=1S/C18H16N2O3S2/c1-11-16(25-15(19-11)10-12-6-4-3-5-7-12)17(21)20-14-9-8-13(24-14)18(22)23-2/h3-9H,10H2,1-2H3,(H,20,21). The molecule has 0 saturated carbocycles. The highest BCUT2D eigenvalue weighted by atomic mass is 32.1. The summed E-state index contributed by atoms with van der Waals surface area (Å²) in [5.41, 5.74) is 1.86. The van der Waals surface area contributed by atoms with E-state index in [1.165, 1.54) is 29.8 Å². The SMILES string of the molecule is COC(=O)c1ccc(NC(=O)c2sc(Cc3ccccc3)nc2C)s1. The maximum atomic E-state index is 12.5. The highest BCUT2D eigenvalue weighted by molar-refractivity contribution is 7.18. The summed E-state index contributed by atoms with van der Waals surface area (Å²) in [7, 11) is 1.33. The number of amides is 1. The zero-order valence-electron chi connectivity index (χ0n) is 13.7. The number of aryl methyl sites for hydroxylation is 1. The highest BCUT2D eigenvalue weighted by Crippen LogP contribution is 2.26. The van der Waals surface area contributed by atoms with E-state index in [1.807, 2.05) is 37.3 Å². The van der Waals surface area contributed by atoms with Gasteiger partial charge in [0.15, 0.2) is 0 Å². The van der Waals surface area contributed by atoms with Crippen molar-refractivity contribution in [2.24, 2.45) is 0 Å². The van der Waals surface area contributed by atoms with Crippen molar-refractivity contribution >= 4 is 39.6 Å². The van der Waals surface area contributed by atoms with Gasteiger partial charge in [0.1, 0.15) is 9.75 Å². The molecule has 0 radical (unpaired) electrons. The number of thiazole rings is 1. The molecule has 2 heterocycles. The molecule has 1 N–H and O–H groups in total. The largest absolute Gasteiger partial charge is 0.465 e. The minimum Gasteiger partial charge on any atom is -0.465 e. The molecule has 0 atom stereocenters. The third kappa shape index (κ3) is 4.12. The van der Waals surface area contributed by atoms with Crippen LogP contribution in [0.25, 0.3) is 0 Å². The van der Waals surface area contributed by atoms with E-state index in [-0.39, 0.29) is 5.91 Å². The molecule has 128 valence electrons. The Morgan fingerprint density at radius 1 is 1.12 bits per heavy atom. The van der Waals surface area contributed by atoms with Crippen molar-refractivity contribution in [2.45, 2.75) is 13.3 Å². The van der Waals surface area contributed by atoms with Crippen molar-refractivity contribution in [1.82, 2.24) is 4.98 Å². The van der Waals surface area contributed by atoms with E-state index in [0.717, 1.165) is 10.6 Å². The van der Waals surface area contributed by atoms with Gasteiger partial charge in [0, 0.05) is 6.42 Å². The normalized spacial score (nSPS) is 10.5. The molecule has 2 aromatic heterocycles. The monoisotopic (exact) mass is 372 g/mol. The van der Waals surface area contributed by atoms with E-state index in [9.17, 15) is 9.59 Å². The number of methoxy groups -OCH3 is 1. The summed E-state index contributed by atoms with van der Waals surface area (Å²) in [6.07, 6.45) is 0.700. The summed E-state index contributed by atoms with van der Waals surface area (Å²) < 4.78 is 4.67. The molecule has 1 amide bonds. The molecule has 0 aliphatic heterocycles. The van der Waals surface area contributed by atoms with Gasteiger partial charge in [-0.25, -0.2) is 9.78 Å². The smallest absolute Gasteiger partial charge is 0.348 e. The van der Waals surface area contributed by atoms with Crippen molar-refractivity contribution in [2.75, 3.05) is 12.4 Å². The van der Waals surface area contributed by atoms with Gasteiger partial charge in [0.2, 0.25) is 0 Å². The van der Waals surface area contributed by atoms with E-state index in [1.54, 1.807) is 12.1 Å². The van der Waals surface area contributed by atoms with Crippen LogP contribution in [0.3, 0.4) is 0 Å². The first-order chi connectivity index (χ1) is 12.1. The van der Waals surface area contributed by atoms with Gasteiger partial charge in [0.05, 0.1) is 22.8 Å².